The molecule has 0 bridgehead atoms. The van der Waals surface area contributed by atoms with E-state index in [2.05, 4.69) is 5.10 Å². The molecule has 1 aromatic heterocycles. The van der Waals surface area contributed by atoms with Crippen molar-refractivity contribution in [1.29, 1.82) is 0 Å². The molecular formula is C10H13ClN2O. The van der Waals surface area contributed by atoms with E-state index < -0.39 is 0 Å². The van der Waals surface area contributed by atoms with Gasteiger partial charge in [0.05, 0.1) is 17.0 Å². The number of halogens is 1. The Labute approximate surface area is 88.1 Å². The third-order valence-electron chi connectivity index (χ3n) is 2.71. The molecule has 0 aliphatic carbocycles. The minimum absolute atomic E-state index is 0.370. The average Bonchev–Trinajstić information content (AvgIpc) is 2.31. The maximum Gasteiger partial charge on any atom is 0.256 e. The first-order valence-corrected chi connectivity index (χ1v) is 5.34. The lowest BCUT2D eigenvalue weighted by molar-refractivity contribution is 0.108. The van der Waals surface area contributed by atoms with Crippen LogP contribution in [0, 0.1) is 6.92 Å². The van der Waals surface area contributed by atoms with Crippen molar-refractivity contribution in [3.63, 3.8) is 0 Å². The fourth-order valence-corrected chi connectivity index (χ4v) is 2.30. The number of fused-ring (bicyclic) bond motifs is 1. The molecule has 2 rings (SSSR count). The second-order valence-corrected chi connectivity index (χ2v) is 4.06. The van der Waals surface area contributed by atoms with Crippen LogP contribution in [0.3, 0.4) is 0 Å². The molecule has 0 amide bonds. The number of rotatable bonds is 1. The molecular weight excluding hydrogens is 200 g/mol. The SMILES string of the molecule is Cc1nn2c(c1C(=O)Cl)CCCCC2. The fraction of sp³-hybridized carbons (Fsp3) is 0.600. The minimum Gasteiger partial charge on any atom is -0.275 e. The van der Waals surface area contributed by atoms with E-state index in [1.54, 1.807) is 0 Å². The topological polar surface area (TPSA) is 34.9 Å². The van der Waals surface area contributed by atoms with E-state index in [1.165, 1.54) is 6.42 Å². The lowest BCUT2D eigenvalue weighted by Gasteiger charge is -2.01. The van der Waals surface area contributed by atoms with Crippen LogP contribution in [0.25, 0.3) is 0 Å². The van der Waals surface area contributed by atoms with Crippen molar-refractivity contribution in [2.75, 3.05) is 0 Å². The van der Waals surface area contributed by atoms with E-state index in [4.69, 9.17) is 11.6 Å². The smallest absolute Gasteiger partial charge is 0.256 e. The Kier molecular flexibility index (Phi) is 2.59. The molecule has 0 atom stereocenters. The number of carbonyl (C=O) groups is 1. The summed E-state index contributed by atoms with van der Waals surface area (Å²) in [5, 5.41) is 3.97. The van der Waals surface area contributed by atoms with Crippen LogP contribution in [0.2, 0.25) is 0 Å². The molecule has 0 unspecified atom stereocenters. The van der Waals surface area contributed by atoms with Gasteiger partial charge in [-0.3, -0.25) is 9.48 Å². The Morgan fingerprint density at radius 1 is 1.43 bits per heavy atom. The number of hydrogen-bond acceptors (Lipinski definition) is 2. The quantitative estimate of drug-likeness (QED) is 0.670. The summed E-state index contributed by atoms with van der Waals surface area (Å²) in [6.07, 6.45) is 4.40. The summed E-state index contributed by atoms with van der Waals surface area (Å²) in [4.78, 5) is 11.2. The first-order valence-electron chi connectivity index (χ1n) is 4.96. The molecule has 0 saturated carbocycles. The van der Waals surface area contributed by atoms with Gasteiger partial charge >= 0.3 is 0 Å². The van der Waals surface area contributed by atoms with Crippen LogP contribution in [0.4, 0.5) is 0 Å². The zero-order chi connectivity index (χ0) is 10.1. The van der Waals surface area contributed by atoms with Crippen molar-refractivity contribution >= 4 is 16.8 Å². The maximum atomic E-state index is 11.2. The van der Waals surface area contributed by atoms with Gasteiger partial charge in [-0.05, 0) is 37.8 Å². The van der Waals surface area contributed by atoms with Crippen LogP contribution in [0.1, 0.15) is 41.0 Å². The van der Waals surface area contributed by atoms with Gasteiger partial charge in [0.2, 0.25) is 0 Å². The number of hydrogen-bond donors (Lipinski definition) is 0. The van der Waals surface area contributed by atoms with E-state index in [0.29, 0.717) is 5.56 Å². The van der Waals surface area contributed by atoms with Gasteiger partial charge in [0.1, 0.15) is 0 Å². The van der Waals surface area contributed by atoms with Crippen molar-refractivity contribution in [3.8, 4) is 0 Å². The van der Waals surface area contributed by atoms with Crippen molar-refractivity contribution in [2.45, 2.75) is 39.2 Å². The maximum absolute atomic E-state index is 11.2. The normalized spacial score (nSPS) is 16.1. The molecule has 1 aromatic rings. The van der Waals surface area contributed by atoms with Crippen LogP contribution < -0.4 is 0 Å². The summed E-state index contributed by atoms with van der Waals surface area (Å²) in [7, 11) is 0. The van der Waals surface area contributed by atoms with E-state index in [-0.39, 0.29) is 5.24 Å². The predicted molar refractivity (Wildman–Crippen MR) is 54.7 cm³/mol. The van der Waals surface area contributed by atoms with E-state index in [9.17, 15) is 4.79 Å². The highest BCUT2D eigenvalue weighted by Gasteiger charge is 2.20. The van der Waals surface area contributed by atoms with Crippen molar-refractivity contribution in [3.05, 3.63) is 17.0 Å². The molecule has 14 heavy (non-hydrogen) atoms. The number of carbonyl (C=O) groups excluding carboxylic acids is 1. The number of aromatic nitrogens is 2. The highest BCUT2D eigenvalue weighted by molar-refractivity contribution is 6.68. The van der Waals surface area contributed by atoms with Crippen LogP contribution in [-0.2, 0) is 13.0 Å². The third-order valence-corrected chi connectivity index (χ3v) is 2.90. The average molecular weight is 213 g/mol. The van der Waals surface area contributed by atoms with Crippen LogP contribution in [-0.4, -0.2) is 15.0 Å². The Balaban J connectivity index is 2.49. The van der Waals surface area contributed by atoms with E-state index in [0.717, 1.165) is 37.2 Å². The van der Waals surface area contributed by atoms with Crippen molar-refractivity contribution in [2.24, 2.45) is 0 Å². The van der Waals surface area contributed by atoms with Crippen LogP contribution in [0.15, 0.2) is 0 Å². The summed E-state index contributed by atoms with van der Waals surface area (Å²) < 4.78 is 1.94. The van der Waals surface area contributed by atoms with Crippen LogP contribution >= 0.6 is 11.6 Å². The Bertz CT molecular complexity index is 370. The molecule has 0 radical (unpaired) electrons. The van der Waals surface area contributed by atoms with Gasteiger partial charge in [-0.25, -0.2) is 0 Å². The molecule has 0 N–H and O–H groups in total. The van der Waals surface area contributed by atoms with Crippen molar-refractivity contribution in [1.82, 2.24) is 9.78 Å². The Hall–Kier alpha value is -0.830. The highest BCUT2D eigenvalue weighted by Crippen LogP contribution is 2.22. The van der Waals surface area contributed by atoms with Gasteiger partial charge in [-0.2, -0.15) is 5.10 Å². The summed E-state index contributed by atoms with van der Waals surface area (Å²) in [5.74, 6) is 0. The zero-order valence-electron chi connectivity index (χ0n) is 8.22. The van der Waals surface area contributed by atoms with Crippen molar-refractivity contribution < 1.29 is 4.79 Å². The van der Waals surface area contributed by atoms with E-state index >= 15 is 0 Å². The van der Waals surface area contributed by atoms with Gasteiger partial charge in [0.15, 0.2) is 0 Å². The first kappa shape index (κ1) is 9.71. The lowest BCUT2D eigenvalue weighted by atomic mass is 10.1. The largest absolute Gasteiger partial charge is 0.275 e. The lowest BCUT2D eigenvalue weighted by Crippen LogP contribution is -2.03. The molecule has 3 nitrogen and oxygen atoms in total. The van der Waals surface area contributed by atoms with Gasteiger partial charge in [0, 0.05) is 6.54 Å². The number of aryl methyl sites for hydroxylation is 2. The molecule has 0 aromatic carbocycles. The number of nitrogens with zero attached hydrogens (tertiary/aromatic N) is 2. The second kappa shape index (κ2) is 3.73. The highest BCUT2D eigenvalue weighted by atomic mass is 35.5. The molecule has 1 aliphatic heterocycles. The third kappa shape index (κ3) is 1.57. The molecule has 4 heteroatoms. The minimum atomic E-state index is -0.370. The predicted octanol–water partition coefficient (Wildman–Crippen LogP) is 2.30. The molecule has 0 saturated heterocycles. The Morgan fingerprint density at radius 3 is 2.93 bits per heavy atom. The van der Waals surface area contributed by atoms with E-state index in [1.807, 2.05) is 11.6 Å². The van der Waals surface area contributed by atoms with Crippen LogP contribution in [0.5, 0.6) is 0 Å². The zero-order valence-corrected chi connectivity index (χ0v) is 8.97. The van der Waals surface area contributed by atoms with Gasteiger partial charge in [-0.1, -0.05) is 6.42 Å². The second-order valence-electron chi connectivity index (χ2n) is 3.71. The van der Waals surface area contributed by atoms with Gasteiger partial charge in [0.25, 0.3) is 5.24 Å². The summed E-state index contributed by atoms with van der Waals surface area (Å²) >= 11 is 5.55. The monoisotopic (exact) mass is 212 g/mol. The molecule has 76 valence electrons. The summed E-state index contributed by atoms with van der Waals surface area (Å²) in [6, 6.07) is 0. The standard InChI is InChI=1S/C10H13ClN2O/c1-7-9(10(11)14)8-5-3-2-4-6-13(8)12-7/h2-6H2,1H3. The molecule has 1 aliphatic rings. The summed E-state index contributed by atoms with van der Waals surface area (Å²) in [5.41, 5.74) is 2.43. The molecule has 2 heterocycles. The fourth-order valence-electron chi connectivity index (χ4n) is 2.05. The van der Waals surface area contributed by atoms with Gasteiger partial charge < -0.3 is 0 Å². The summed E-state index contributed by atoms with van der Waals surface area (Å²) in [6.45, 7) is 2.76. The Morgan fingerprint density at radius 2 is 2.21 bits per heavy atom. The molecule has 0 spiro atoms. The molecule has 0 fully saturated rings. The first-order chi connectivity index (χ1) is 6.70. The van der Waals surface area contributed by atoms with Gasteiger partial charge in [-0.15, -0.1) is 0 Å².